The predicted molar refractivity (Wildman–Crippen MR) is 77.5 cm³/mol. The van der Waals surface area contributed by atoms with Gasteiger partial charge < -0.3 is 11.1 Å². The zero-order valence-corrected chi connectivity index (χ0v) is 12.2. The van der Waals surface area contributed by atoms with E-state index in [4.69, 9.17) is 5.73 Å². The number of benzene rings is 1. The van der Waals surface area contributed by atoms with Crippen LogP contribution in [0.3, 0.4) is 0 Å². The summed E-state index contributed by atoms with van der Waals surface area (Å²) in [5.74, 6) is -0.0651. The molecule has 3 N–H and O–H groups in total. The van der Waals surface area contributed by atoms with Crippen molar-refractivity contribution in [2.75, 3.05) is 17.6 Å². The third-order valence-corrected chi connectivity index (χ3v) is 4.18. The lowest BCUT2D eigenvalue weighted by molar-refractivity contribution is 0.621. The van der Waals surface area contributed by atoms with Crippen molar-refractivity contribution in [1.29, 1.82) is 0 Å². The highest BCUT2D eigenvalue weighted by molar-refractivity contribution is 9.10. The Morgan fingerprint density at radius 1 is 1.56 bits per heavy atom. The molecule has 0 bridgehead atoms. The van der Waals surface area contributed by atoms with E-state index in [-0.39, 0.29) is 11.7 Å². The molecule has 0 saturated carbocycles. The number of anilines is 2. The first kappa shape index (κ1) is 13.3. The van der Waals surface area contributed by atoms with Gasteiger partial charge in [-0.05, 0) is 22.0 Å². The summed E-state index contributed by atoms with van der Waals surface area (Å²) in [5.41, 5.74) is 6.96. The van der Waals surface area contributed by atoms with Gasteiger partial charge in [0.2, 0.25) is 0 Å². The molecule has 1 aromatic heterocycles. The van der Waals surface area contributed by atoms with E-state index >= 15 is 0 Å². The third kappa shape index (κ3) is 3.00. The van der Waals surface area contributed by atoms with Crippen molar-refractivity contribution in [3.05, 3.63) is 39.0 Å². The van der Waals surface area contributed by atoms with Gasteiger partial charge in [0.05, 0.1) is 20.9 Å². The number of halogens is 2. The Kier molecular flexibility index (Phi) is 4.19. The minimum atomic E-state index is -0.325. The molecule has 0 amide bonds. The molecule has 0 aliphatic heterocycles. The van der Waals surface area contributed by atoms with Crippen molar-refractivity contribution in [2.45, 2.75) is 12.8 Å². The van der Waals surface area contributed by atoms with Crippen LogP contribution in [0.2, 0.25) is 0 Å². The van der Waals surface area contributed by atoms with Crippen LogP contribution in [0.25, 0.3) is 0 Å². The maximum Gasteiger partial charge on any atom is 0.139 e. The van der Waals surface area contributed by atoms with Crippen LogP contribution in [0.4, 0.5) is 15.8 Å². The van der Waals surface area contributed by atoms with Crippen molar-refractivity contribution in [2.24, 2.45) is 0 Å². The van der Waals surface area contributed by atoms with E-state index in [2.05, 4.69) is 33.2 Å². The molecule has 1 atom stereocenters. The second-order valence-electron chi connectivity index (χ2n) is 4.01. The molecular formula is C12H13BrFN3S. The van der Waals surface area contributed by atoms with Crippen LogP contribution >= 0.6 is 27.3 Å². The predicted octanol–water partition coefficient (Wildman–Crippen LogP) is 3.84. The zero-order valence-electron chi connectivity index (χ0n) is 9.78. The molecular weight excluding hydrogens is 317 g/mol. The number of nitrogens with zero attached hydrogens (tertiary/aromatic N) is 1. The molecule has 1 heterocycles. The molecule has 6 heteroatoms. The number of nitrogens with two attached hydrogens (primary N) is 1. The fraction of sp³-hybridized carbons (Fsp3) is 0.250. The lowest BCUT2D eigenvalue weighted by Gasteiger charge is -2.13. The van der Waals surface area contributed by atoms with Gasteiger partial charge in [0, 0.05) is 30.1 Å². The number of hydrogen-bond donors (Lipinski definition) is 2. The summed E-state index contributed by atoms with van der Waals surface area (Å²) in [6.45, 7) is 2.73. The van der Waals surface area contributed by atoms with Crippen LogP contribution in [0, 0.1) is 5.82 Å². The first-order valence-corrected chi connectivity index (χ1v) is 7.13. The Labute approximate surface area is 117 Å². The fourth-order valence-electron chi connectivity index (χ4n) is 1.54. The first-order chi connectivity index (χ1) is 8.58. The molecule has 2 aromatic rings. The van der Waals surface area contributed by atoms with Crippen LogP contribution in [0.5, 0.6) is 0 Å². The number of thiazole rings is 1. The normalized spacial score (nSPS) is 12.4. The smallest absolute Gasteiger partial charge is 0.139 e. The number of nitrogens with one attached hydrogen (secondary N) is 1. The van der Waals surface area contributed by atoms with E-state index in [1.165, 1.54) is 6.07 Å². The van der Waals surface area contributed by atoms with Crippen molar-refractivity contribution in [3.8, 4) is 0 Å². The van der Waals surface area contributed by atoms with Gasteiger partial charge in [0.15, 0.2) is 0 Å². The molecule has 2 rings (SSSR count). The summed E-state index contributed by atoms with van der Waals surface area (Å²) in [6.07, 6.45) is 1.78. The Bertz CT molecular complexity index is 530. The van der Waals surface area contributed by atoms with Crippen molar-refractivity contribution in [3.63, 3.8) is 0 Å². The Balaban J connectivity index is 2.04. The highest BCUT2D eigenvalue weighted by atomic mass is 79.9. The molecule has 3 nitrogen and oxygen atoms in total. The van der Waals surface area contributed by atoms with Gasteiger partial charge in [0.1, 0.15) is 5.82 Å². The highest BCUT2D eigenvalue weighted by Crippen LogP contribution is 2.27. The Morgan fingerprint density at radius 3 is 3.00 bits per heavy atom. The van der Waals surface area contributed by atoms with Gasteiger partial charge in [-0.3, -0.25) is 0 Å². The van der Waals surface area contributed by atoms with E-state index in [1.807, 2.05) is 5.38 Å². The van der Waals surface area contributed by atoms with E-state index in [0.717, 1.165) is 5.01 Å². The van der Waals surface area contributed by atoms with Gasteiger partial charge in [-0.2, -0.15) is 0 Å². The van der Waals surface area contributed by atoms with Crippen LogP contribution in [0.15, 0.2) is 28.2 Å². The number of hydrogen-bond acceptors (Lipinski definition) is 4. The molecule has 0 saturated heterocycles. The number of aromatic nitrogens is 1. The third-order valence-electron chi connectivity index (χ3n) is 2.56. The maximum atomic E-state index is 13.4. The maximum absolute atomic E-state index is 13.4. The van der Waals surface area contributed by atoms with Gasteiger partial charge in [0.25, 0.3) is 0 Å². The molecule has 0 radical (unpaired) electrons. The second kappa shape index (κ2) is 5.67. The van der Waals surface area contributed by atoms with Crippen LogP contribution < -0.4 is 11.1 Å². The van der Waals surface area contributed by atoms with Crippen LogP contribution in [0.1, 0.15) is 17.8 Å². The Hall–Kier alpha value is -1.14. The average Bonchev–Trinajstić information content (AvgIpc) is 2.85. The zero-order chi connectivity index (χ0) is 13.1. The largest absolute Gasteiger partial charge is 0.397 e. The van der Waals surface area contributed by atoms with Crippen LogP contribution in [-0.4, -0.2) is 11.5 Å². The topological polar surface area (TPSA) is 50.9 Å². The van der Waals surface area contributed by atoms with Gasteiger partial charge >= 0.3 is 0 Å². The summed E-state index contributed by atoms with van der Waals surface area (Å²) in [4.78, 5) is 4.25. The molecule has 1 unspecified atom stereocenters. The average molecular weight is 330 g/mol. The quantitative estimate of drug-likeness (QED) is 0.838. The lowest BCUT2D eigenvalue weighted by Crippen LogP contribution is -2.11. The molecule has 0 fully saturated rings. The lowest BCUT2D eigenvalue weighted by atomic mass is 10.2. The van der Waals surface area contributed by atoms with Crippen molar-refractivity contribution in [1.82, 2.24) is 4.98 Å². The summed E-state index contributed by atoms with van der Waals surface area (Å²) >= 11 is 4.71. The van der Waals surface area contributed by atoms with Gasteiger partial charge in [-0.15, -0.1) is 11.3 Å². The summed E-state index contributed by atoms with van der Waals surface area (Å²) < 4.78 is 13.8. The van der Waals surface area contributed by atoms with E-state index in [1.54, 1.807) is 23.6 Å². The summed E-state index contributed by atoms with van der Waals surface area (Å²) in [5, 5.41) is 6.15. The summed E-state index contributed by atoms with van der Waals surface area (Å²) in [6, 6.07) is 2.96. The highest BCUT2D eigenvalue weighted by Gasteiger charge is 2.10. The molecule has 0 aliphatic carbocycles. The summed E-state index contributed by atoms with van der Waals surface area (Å²) in [7, 11) is 0. The minimum absolute atomic E-state index is 0.260. The SMILES string of the molecule is CC(CNc1cc(F)c(Br)cc1N)c1nccs1. The van der Waals surface area contributed by atoms with E-state index in [0.29, 0.717) is 22.4 Å². The minimum Gasteiger partial charge on any atom is -0.397 e. The fourth-order valence-corrected chi connectivity index (χ4v) is 2.60. The molecule has 0 spiro atoms. The molecule has 0 aliphatic rings. The van der Waals surface area contributed by atoms with E-state index in [9.17, 15) is 4.39 Å². The molecule has 96 valence electrons. The van der Waals surface area contributed by atoms with Crippen molar-refractivity contribution < 1.29 is 4.39 Å². The number of rotatable bonds is 4. The van der Waals surface area contributed by atoms with Gasteiger partial charge in [-0.1, -0.05) is 6.92 Å². The second-order valence-corrected chi connectivity index (χ2v) is 5.79. The van der Waals surface area contributed by atoms with E-state index < -0.39 is 0 Å². The number of nitrogen functional groups attached to an aromatic ring is 1. The standard InChI is InChI=1S/C12H13BrFN3S/c1-7(12-16-2-3-18-12)6-17-11-5-9(14)8(13)4-10(11)15/h2-5,7,17H,6,15H2,1H3. The van der Waals surface area contributed by atoms with Crippen LogP contribution in [-0.2, 0) is 0 Å². The molecule has 1 aromatic carbocycles. The van der Waals surface area contributed by atoms with Gasteiger partial charge in [-0.25, -0.2) is 9.37 Å². The van der Waals surface area contributed by atoms with Crippen molar-refractivity contribution >= 4 is 38.6 Å². The first-order valence-electron chi connectivity index (χ1n) is 5.45. The monoisotopic (exact) mass is 329 g/mol. The Morgan fingerprint density at radius 2 is 2.33 bits per heavy atom. The molecule has 18 heavy (non-hydrogen) atoms.